The number of Topliss-reactive ketones (excluding diaryl/α,β-unsaturated/α-hetero) is 1. The summed E-state index contributed by atoms with van der Waals surface area (Å²) in [5, 5.41) is 3.86. The van der Waals surface area contributed by atoms with Crippen LogP contribution in [0.1, 0.15) is 51.4 Å². The predicted octanol–water partition coefficient (Wildman–Crippen LogP) is 3.69. The van der Waals surface area contributed by atoms with Gasteiger partial charge in [0.15, 0.2) is 5.78 Å². The first-order valence-corrected chi connectivity index (χ1v) is 9.42. The van der Waals surface area contributed by atoms with Gasteiger partial charge < -0.3 is 14.2 Å². The number of ketones is 1. The van der Waals surface area contributed by atoms with Crippen LogP contribution in [-0.2, 0) is 0 Å². The molecule has 2 aliphatic rings. The molecule has 1 aromatic carbocycles. The molecule has 1 spiro atoms. The van der Waals surface area contributed by atoms with Crippen molar-refractivity contribution in [2.45, 2.75) is 38.7 Å². The number of hydrogen-bond acceptors (Lipinski definition) is 5. The van der Waals surface area contributed by atoms with E-state index in [1.54, 1.807) is 24.8 Å². The van der Waals surface area contributed by atoms with Gasteiger partial charge in [0, 0.05) is 30.4 Å². The number of aryl methyl sites for hydroxylation is 2. The van der Waals surface area contributed by atoms with Crippen LogP contribution in [0.2, 0.25) is 0 Å². The fraction of sp³-hybridized carbons (Fsp3) is 0.421. The van der Waals surface area contributed by atoms with E-state index >= 15 is 0 Å². The summed E-state index contributed by atoms with van der Waals surface area (Å²) in [7, 11) is 0. The van der Waals surface area contributed by atoms with Gasteiger partial charge in [-0.3, -0.25) is 9.59 Å². The van der Waals surface area contributed by atoms with Gasteiger partial charge in [-0.05, 0) is 32.0 Å². The Morgan fingerprint density at radius 1 is 1.27 bits per heavy atom. The number of halogens is 1. The Hall–Kier alpha value is -2.15. The highest BCUT2D eigenvalue weighted by atomic mass is 79.9. The molecule has 2 aliphatic heterocycles. The number of amides is 1. The molecule has 3 heterocycles. The van der Waals surface area contributed by atoms with E-state index in [2.05, 4.69) is 21.1 Å². The first-order chi connectivity index (χ1) is 12.4. The number of aromatic nitrogens is 1. The molecule has 1 aromatic heterocycles. The average molecular weight is 419 g/mol. The number of piperidine rings is 1. The van der Waals surface area contributed by atoms with Crippen LogP contribution in [-0.4, -0.2) is 40.4 Å². The van der Waals surface area contributed by atoms with Gasteiger partial charge in [0.1, 0.15) is 22.7 Å². The third kappa shape index (κ3) is 2.84. The minimum atomic E-state index is -0.520. The summed E-state index contributed by atoms with van der Waals surface area (Å²) in [6, 6.07) is 5.52. The minimum Gasteiger partial charge on any atom is -0.486 e. The molecular weight excluding hydrogens is 400 g/mol. The Morgan fingerprint density at radius 2 is 2.00 bits per heavy atom. The van der Waals surface area contributed by atoms with E-state index in [4.69, 9.17) is 9.26 Å². The zero-order valence-corrected chi connectivity index (χ0v) is 16.3. The van der Waals surface area contributed by atoms with Crippen LogP contribution < -0.4 is 4.74 Å². The Balaban J connectivity index is 1.51. The van der Waals surface area contributed by atoms with Crippen LogP contribution in [0.4, 0.5) is 0 Å². The molecule has 0 radical (unpaired) electrons. The lowest BCUT2D eigenvalue weighted by atomic mass is 9.82. The summed E-state index contributed by atoms with van der Waals surface area (Å²) in [4.78, 5) is 27.2. The molecule has 1 fully saturated rings. The molecule has 1 saturated heterocycles. The third-order valence-corrected chi connectivity index (χ3v) is 5.75. The predicted molar refractivity (Wildman–Crippen MR) is 97.6 cm³/mol. The fourth-order valence-electron chi connectivity index (χ4n) is 3.81. The van der Waals surface area contributed by atoms with Crippen molar-refractivity contribution in [3.63, 3.8) is 0 Å². The average Bonchev–Trinajstić information content (AvgIpc) is 2.94. The summed E-state index contributed by atoms with van der Waals surface area (Å²) in [6.45, 7) is 4.61. The van der Waals surface area contributed by atoms with Gasteiger partial charge in [-0.2, -0.15) is 0 Å². The molecule has 0 unspecified atom stereocenters. The zero-order chi connectivity index (χ0) is 18.5. The van der Waals surface area contributed by atoms with E-state index < -0.39 is 5.60 Å². The van der Waals surface area contributed by atoms with E-state index in [9.17, 15) is 9.59 Å². The maximum absolute atomic E-state index is 12.8. The first kappa shape index (κ1) is 17.3. The summed E-state index contributed by atoms with van der Waals surface area (Å²) in [5.41, 5.74) is 1.25. The maximum Gasteiger partial charge on any atom is 0.259 e. The lowest BCUT2D eigenvalue weighted by Crippen LogP contribution is -2.52. The number of fused-ring (bicyclic) bond motifs is 1. The van der Waals surface area contributed by atoms with Crippen LogP contribution in [0.5, 0.6) is 5.75 Å². The SMILES string of the molecule is Cc1noc(C)c1C(=O)N1CCC2(CC1)CC(=O)c1cc(Br)ccc1O2. The van der Waals surface area contributed by atoms with Crippen molar-refractivity contribution in [1.82, 2.24) is 10.1 Å². The van der Waals surface area contributed by atoms with Gasteiger partial charge in [0.2, 0.25) is 0 Å². The van der Waals surface area contributed by atoms with E-state index in [-0.39, 0.29) is 11.7 Å². The Labute approximate surface area is 159 Å². The van der Waals surface area contributed by atoms with E-state index in [0.717, 1.165) is 4.47 Å². The highest BCUT2D eigenvalue weighted by Crippen LogP contribution is 2.40. The van der Waals surface area contributed by atoms with Crippen LogP contribution >= 0.6 is 15.9 Å². The Kier molecular flexibility index (Phi) is 4.14. The van der Waals surface area contributed by atoms with Crippen molar-refractivity contribution >= 4 is 27.6 Å². The molecule has 0 atom stereocenters. The number of hydrogen-bond donors (Lipinski definition) is 0. The molecular formula is C19H19BrN2O4. The summed E-state index contributed by atoms with van der Waals surface area (Å²) in [5.74, 6) is 1.20. The van der Waals surface area contributed by atoms with Crippen molar-refractivity contribution in [2.75, 3.05) is 13.1 Å². The molecule has 0 saturated carbocycles. The van der Waals surface area contributed by atoms with Crippen molar-refractivity contribution in [3.05, 3.63) is 45.3 Å². The second-order valence-electron chi connectivity index (χ2n) is 7.02. The van der Waals surface area contributed by atoms with Crippen molar-refractivity contribution < 1.29 is 18.8 Å². The van der Waals surface area contributed by atoms with Crippen LogP contribution in [0, 0.1) is 13.8 Å². The molecule has 26 heavy (non-hydrogen) atoms. The fourth-order valence-corrected chi connectivity index (χ4v) is 4.17. The normalized spacial score (nSPS) is 18.6. The second-order valence-corrected chi connectivity index (χ2v) is 7.93. The van der Waals surface area contributed by atoms with Gasteiger partial charge in [0.25, 0.3) is 5.91 Å². The van der Waals surface area contributed by atoms with Gasteiger partial charge in [-0.1, -0.05) is 21.1 Å². The molecule has 0 N–H and O–H groups in total. The maximum atomic E-state index is 12.8. The van der Waals surface area contributed by atoms with E-state index in [1.807, 2.05) is 12.1 Å². The Bertz CT molecular complexity index is 877. The van der Waals surface area contributed by atoms with Crippen LogP contribution in [0.3, 0.4) is 0 Å². The van der Waals surface area contributed by atoms with Gasteiger partial charge in [-0.15, -0.1) is 0 Å². The van der Waals surface area contributed by atoms with Gasteiger partial charge in [-0.25, -0.2) is 0 Å². The van der Waals surface area contributed by atoms with Gasteiger partial charge in [0.05, 0.1) is 17.7 Å². The van der Waals surface area contributed by atoms with Crippen molar-refractivity contribution in [3.8, 4) is 5.75 Å². The number of rotatable bonds is 1. The number of ether oxygens (including phenoxy) is 1. The molecule has 6 nitrogen and oxygen atoms in total. The van der Waals surface area contributed by atoms with E-state index in [1.165, 1.54) is 0 Å². The molecule has 4 rings (SSSR count). The minimum absolute atomic E-state index is 0.0671. The molecule has 1 amide bonds. The topological polar surface area (TPSA) is 72.6 Å². The van der Waals surface area contributed by atoms with Crippen LogP contribution in [0.25, 0.3) is 0 Å². The molecule has 7 heteroatoms. The van der Waals surface area contributed by atoms with E-state index in [0.29, 0.717) is 60.7 Å². The molecule has 0 bridgehead atoms. The van der Waals surface area contributed by atoms with Crippen molar-refractivity contribution in [1.29, 1.82) is 0 Å². The van der Waals surface area contributed by atoms with Gasteiger partial charge >= 0.3 is 0 Å². The quantitative estimate of drug-likeness (QED) is 0.705. The largest absolute Gasteiger partial charge is 0.486 e. The number of benzene rings is 1. The monoisotopic (exact) mass is 418 g/mol. The number of likely N-dealkylation sites (tertiary alicyclic amines) is 1. The van der Waals surface area contributed by atoms with Crippen molar-refractivity contribution in [2.24, 2.45) is 0 Å². The lowest BCUT2D eigenvalue weighted by Gasteiger charge is -2.44. The number of carbonyl (C=O) groups is 2. The third-order valence-electron chi connectivity index (χ3n) is 5.26. The summed E-state index contributed by atoms with van der Waals surface area (Å²) < 4.78 is 12.2. The first-order valence-electron chi connectivity index (χ1n) is 8.62. The summed E-state index contributed by atoms with van der Waals surface area (Å²) >= 11 is 3.39. The van der Waals surface area contributed by atoms with Crippen LogP contribution in [0.15, 0.2) is 27.2 Å². The standard InChI is InChI=1S/C19H19BrN2O4/c1-11-17(12(2)26-21-11)18(24)22-7-5-19(6-8-22)10-15(23)14-9-13(20)3-4-16(14)25-19/h3-4,9H,5-8,10H2,1-2H3. The zero-order valence-electron chi connectivity index (χ0n) is 14.7. The number of nitrogens with zero attached hydrogens (tertiary/aromatic N) is 2. The molecule has 0 aliphatic carbocycles. The highest BCUT2D eigenvalue weighted by Gasteiger charge is 2.44. The smallest absolute Gasteiger partial charge is 0.259 e. The molecule has 136 valence electrons. The number of carbonyl (C=O) groups excluding carboxylic acids is 2. The summed E-state index contributed by atoms with van der Waals surface area (Å²) in [6.07, 6.45) is 1.61. The second kappa shape index (κ2) is 6.23. The lowest BCUT2D eigenvalue weighted by molar-refractivity contribution is -0.00575. The highest BCUT2D eigenvalue weighted by molar-refractivity contribution is 9.10. The molecule has 2 aromatic rings. The Morgan fingerprint density at radius 3 is 2.65 bits per heavy atom.